The van der Waals surface area contributed by atoms with E-state index in [1.165, 1.54) is 10.2 Å². The predicted octanol–water partition coefficient (Wildman–Crippen LogP) is 2.45. The highest BCUT2D eigenvalue weighted by atomic mass is 16.1. The van der Waals surface area contributed by atoms with Crippen molar-refractivity contribution in [3.05, 3.63) is 63.5 Å². The van der Waals surface area contributed by atoms with Crippen LogP contribution in [0.15, 0.2) is 41.2 Å². The summed E-state index contributed by atoms with van der Waals surface area (Å²) in [6.07, 6.45) is 4.69. The van der Waals surface area contributed by atoms with Gasteiger partial charge in [-0.25, -0.2) is 4.68 Å². The van der Waals surface area contributed by atoms with E-state index in [-0.39, 0.29) is 17.6 Å². The lowest BCUT2D eigenvalue weighted by Gasteiger charge is -2.31. The van der Waals surface area contributed by atoms with Crippen molar-refractivity contribution in [3.8, 4) is 0 Å². The van der Waals surface area contributed by atoms with Crippen LogP contribution in [0.4, 0.5) is 5.82 Å². The summed E-state index contributed by atoms with van der Waals surface area (Å²) >= 11 is 0. The van der Waals surface area contributed by atoms with E-state index in [0.717, 1.165) is 16.9 Å². The van der Waals surface area contributed by atoms with Crippen molar-refractivity contribution in [1.82, 2.24) is 14.7 Å². The summed E-state index contributed by atoms with van der Waals surface area (Å²) in [5.41, 5.74) is 2.98. The molecular formula is C19H24N4O. The Labute approximate surface area is 142 Å². The van der Waals surface area contributed by atoms with Gasteiger partial charge in [0.05, 0.1) is 6.04 Å². The van der Waals surface area contributed by atoms with Crippen molar-refractivity contribution < 1.29 is 0 Å². The van der Waals surface area contributed by atoms with Gasteiger partial charge < -0.3 is 10.2 Å². The standard InChI is InChI=1S/C19H24N4O/c1-13(17(22(2)3)14-9-6-5-7-10-14)20-18-15-11-8-12-16(15)19(24)23(4)21-18/h5-11,13,17H,12H2,1-4H3,(H,20,21)/t13-,17+/m1/s1. The monoisotopic (exact) mass is 324 g/mol. The molecule has 2 aromatic rings. The van der Waals surface area contributed by atoms with Crippen LogP contribution in [0, 0.1) is 0 Å². The first-order valence-electron chi connectivity index (χ1n) is 8.23. The summed E-state index contributed by atoms with van der Waals surface area (Å²) in [6, 6.07) is 10.8. The molecule has 5 heteroatoms. The largest absolute Gasteiger partial charge is 0.364 e. The van der Waals surface area contributed by atoms with Gasteiger partial charge in [0.25, 0.3) is 5.56 Å². The number of aromatic nitrogens is 2. The minimum absolute atomic E-state index is 0.0135. The maximum atomic E-state index is 12.2. The van der Waals surface area contributed by atoms with Gasteiger partial charge in [-0.1, -0.05) is 42.5 Å². The molecule has 0 fully saturated rings. The number of benzene rings is 1. The van der Waals surface area contributed by atoms with Crippen molar-refractivity contribution in [1.29, 1.82) is 0 Å². The molecule has 0 unspecified atom stereocenters. The maximum Gasteiger partial charge on any atom is 0.270 e. The van der Waals surface area contributed by atoms with Crippen LogP contribution in [0.3, 0.4) is 0 Å². The van der Waals surface area contributed by atoms with Crippen LogP contribution in [0.2, 0.25) is 0 Å². The number of likely N-dealkylation sites (N-methyl/N-ethyl adjacent to an activating group) is 1. The third-order valence-electron chi connectivity index (χ3n) is 4.52. The molecule has 1 aliphatic rings. The Kier molecular flexibility index (Phi) is 4.53. The minimum atomic E-state index is -0.0135. The Morgan fingerprint density at radius 3 is 2.62 bits per heavy atom. The molecule has 3 rings (SSSR count). The number of anilines is 1. The van der Waals surface area contributed by atoms with Gasteiger partial charge in [-0.2, -0.15) is 5.10 Å². The summed E-state index contributed by atoms with van der Waals surface area (Å²) in [5.74, 6) is 0.774. The second-order valence-corrected chi connectivity index (χ2v) is 6.53. The van der Waals surface area contributed by atoms with Gasteiger partial charge in [-0.15, -0.1) is 0 Å². The van der Waals surface area contributed by atoms with Gasteiger partial charge in [0.15, 0.2) is 5.82 Å². The van der Waals surface area contributed by atoms with Crippen LogP contribution in [-0.4, -0.2) is 34.8 Å². The van der Waals surface area contributed by atoms with Crippen LogP contribution in [-0.2, 0) is 13.5 Å². The van der Waals surface area contributed by atoms with Gasteiger partial charge in [0.1, 0.15) is 0 Å². The molecule has 0 spiro atoms. The van der Waals surface area contributed by atoms with E-state index < -0.39 is 0 Å². The number of nitrogens with zero attached hydrogens (tertiary/aromatic N) is 3. The molecule has 24 heavy (non-hydrogen) atoms. The van der Waals surface area contributed by atoms with E-state index in [2.05, 4.69) is 60.6 Å². The average molecular weight is 324 g/mol. The van der Waals surface area contributed by atoms with Gasteiger partial charge >= 0.3 is 0 Å². The third-order valence-corrected chi connectivity index (χ3v) is 4.52. The first-order valence-corrected chi connectivity index (χ1v) is 8.23. The van der Waals surface area contributed by atoms with E-state index in [9.17, 15) is 4.79 Å². The second kappa shape index (κ2) is 6.61. The Bertz CT molecular complexity index is 808. The fourth-order valence-corrected chi connectivity index (χ4v) is 3.46. The fraction of sp³-hybridized carbons (Fsp3) is 0.368. The lowest BCUT2D eigenvalue weighted by Crippen LogP contribution is -2.36. The molecule has 0 bridgehead atoms. The van der Waals surface area contributed by atoms with Crippen molar-refractivity contribution in [3.63, 3.8) is 0 Å². The van der Waals surface area contributed by atoms with Gasteiger partial charge in [0.2, 0.25) is 0 Å². The van der Waals surface area contributed by atoms with Crippen molar-refractivity contribution >= 4 is 11.9 Å². The van der Waals surface area contributed by atoms with Gasteiger partial charge in [-0.3, -0.25) is 4.79 Å². The zero-order valence-corrected chi connectivity index (χ0v) is 14.7. The predicted molar refractivity (Wildman–Crippen MR) is 98.2 cm³/mol. The minimum Gasteiger partial charge on any atom is -0.364 e. The number of hydrogen-bond donors (Lipinski definition) is 1. The molecule has 0 radical (unpaired) electrons. The van der Waals surface area contributed by atoms with E-state index >= 15 is 0 Å². The zero-order chi connectivity index (χ0) is 17.3. The molecule has 1 aromatic heterocycles. The number of aryl methyl sites for hydroxylation is 1. The smallest absolute Gasteiger partial charge is 0.270 e. The molecule has 0 saturated heterocycles. The van der Waals surface area contributed by atoms with E-state index in [4.69, 9.17) is 0 Å². The first-order chi connectivity index (χ1) is 11.5. The summed E-state index contributed by atoms with van der Waals surface area (Å²) in [7, 11) is 5.86. The van der Waals surface area contributed by atoms with Crippen LogP contribution in [0.1, 0.15) is 29.7 Å². The Balaban J connectivity index is 1.93. The van der Waals surface area contributed by atoms with Crippen LogP contribution < -0.4 is 10.9 Å². The number of rotatable bonds is 5. The van der Waals surface area contributed by atoms with E-state index in [1.807, 2.05) is 18.2 Å². The quantitative estimate of drug-likeness (QED) is 0.918. The summed E-state index contributed by atoms with van der Waals surface area (Å²) < 4.78 is 1.42. The molecule has 5 nitrogen and oxygen atoms in total. The van der Waals surface area contributed by atoms with Crippen molar-refractivity contribution in [2.45, 2.75) is 25.4 Å². The van der Waals surface area contributed by atoms with Crippen LogP contribution in [0.25, 0.3) is 6.08 Å². The highest BCUT2D eigenvalue weighted by Crippen LogP contribution is 2.27. The number of nitrogens with one attached hydrogen (secondary N) is 1. The second-order valence-electron chi connectivity index (χ2n) is 6.53. The molecule has 1 aliphatic carbocycles. The maximum absolute atomic E-state index is 12.2. The molecule has 0 saturated carbocycles. The van der Waals surface area contributed by atoms with Crippen LogP contribution >= 0.6 is 0 Å². The average Bonchev–Trinajstić information content (AvgIpc) is 3.03. The molecule has 1 N–H and O–H groups in total. The third kappa shape index (κ3) is 2.99. The lowest BCUT2D eigenvalue weighted by molar-refractivity contribution is 0.275. The van der Waals surface area contributed by atoms with E-state index in [0.29, 0.717) is 6.42 Å². The Hall–Kier alpha value is -2.40. The number of allylic oxidation sites excluding steroid dienone is 1. The molecular weight excluding hydrogens is 300 g/mol. The van der Waals surface area contributed by atoms with Gasteiger partial charge in [0, 0.05) is 24.2 Å². The first kappa shape index (κ1) is 16.5. The van der Waals surface area contributed by atoms with Crippen molar-refractivity contribution in [2.75, 3.05) is 19.4 Å². The molecule has 126 valence electrons. The molecule has 2 atom stereocenters. The van der Waals surface area contributed by atoms with Crippen LogP contribution in [0.5, 0.6) is 0 Å². The summed E-state index contributed by atoms with van der Waals surface area (Å²) in [4.78, 5) is 14.4. The van der Waals surface area contributed by atoms with E-state index in [1.54, 1.807) is 7.05 Å². The lowest BCUT2D eigenvalue weighted by atomic mass is 9.99. The summed E-state index contributed by atoms with van der Waals surface area (Å²) in [5, 5.41) is 7.97. The van der Waals surface area contributed by atoms with Gasteiger partial charge in [-0.05, 0) is 33.0 Å². The molecule has 1 heterocycles. The summed E-state index contributed by atoms with van der Waals surface area (Å²) in [6.45, 7) is 2.15. The normalized spacial score (nSPS) is 15.4. The zero-order valence-electron chi connectivity index (χ0n) is 14.7. The molecule has 1 aromatic carbocycles. The Morgan fingerprint density at radius 2 is 1.96 bits per heavy atom. The number of fused-ring (bicyclic) bond motifs is 1. The highest BCUT2D eigenvalue weighted by Gasteiger charge is 2.24. The molecule has 0 amide bonds. The number of hydrogen-bond acceptors (Lipinski definition) is 4. The SMILES string of the molecule is C[C@@H](Nc1nn(C)c(=O)c2c1C=CC2)[C@@H](c1ccccc1)N(C)C. The highest BCUT2D eigenvalue weighted by molar-refractivity contribution is 5.69. The topological polar surface area (TPSA) is 50.2 Å². The van der Waals surface area contributed by atoms with Crippen molar-refractivity contribution in [2.24, 2.45) is 7.05 Å². The molecule has 0 aliphatic heterocycles. The Morgan fingerprint density at radius 1 is 1.25 bits per heavy atom. The fourth-order valence-electron chi connectivity index (χ4n) is 3.46.